The third kappa shape index (κ3) is 4.63. The van der Waals surface area contributed by atoms with E-state index in [4.69, 9.17) is 9.47 Å². The van der Waals surface area contributed by atoms with Gasteiger partial charge in [-0.3, -0.25) is 4.98 Å². The molecule has 25 heavy (non-hydrogen) atoms. The molecule has 1 aromatic rings. The molecule has 0 aromatic carbocycles. The Bertz CT molecular complexity index is 610. The number of piperidine rings is 1. The molecule has 2 fully saturated rings. The summed E-state index contributed by atoms with van der Waals surface area (Å²) in [5.74, 6) is 0.666. The number of aromatic nitrogens is 1. The Morgan fingerprint density at radius 1 is 1.32 bits per heavy atom. The van der Waals surface area contributed by atoms with Crippen molar-refractivity contribution in [1.29, 1.82) is 0 Å². The van der Waals surface area contributed by atoms with Gasteiger partial charge in [-0.1, -0.05) is 0 Å². The first kappa shape index (κ1) is 18.0. The van der Waals surface area contributed by atoms with Gasteiger partial charge in [0.05, 0.1) is 12.1 Å². The molecular formula is C19H28N2O4. The van der Waals surface area contributed by atoms with Gasteiger partial charge in [-0.2, -0.15) is 0 Å². The largest absolute Gasteiger partial charge is 0.490 e. The van der Waals surface area contributed by atoms with E-state index >= 15 is 0 Å². The van der Waals surface area contributed by atoms with Crippen LogP contribution in [0.2, 0.25) is 0 Å². The van der Waals surface area contributed by atoms with Gasteiger partial charge in [-0.25, -0.2) is 4.79 Å². The van der Waals surface area contributed by atoms with E-state index in [1.807, 2.05) is 20.8 Å². The highest BCUT2D eigenvalue weighted by molar-refractivity contribution is 5.69. The lowest BCUT2D eigenvalue weighted by Gasteiger charge is -2.39. The lowest BCUT2D eigenvalue weighted by atomic mass is 9.93. The second-order valence-electron chi connectivity index (χ2n) is 7.91. The maximum Gasteiger partial charge on any atom is 0.410 e. The monoisotopic (exact) mass is 348 g/mol. The fourth-order valence-corrected chi connectivity index (χ4v) is 3.13. The molecule has 1 N–H and O–H groups in total. The van der Waals surface area contributed by atoms with Gasteiger partial charge in [-0.05, 0) is 58.9 Å². The Balaban J connectivity index is 1.79. The predicted octanol–water partition coefficient (Wildman–Crippen LogP) is 3.45. The molecule has 0 unspecified atom stereocenters. The summed E-state index contributed by atoms with van der Waals surface area (Å²) in [5.41, 5.74) is 0.0911. The second-order valence-corrected chi connectivity index (χ2v) is 7.91. The Hall–Kier alpha value is -1.82. The minimum absolute atomic E-state index is 0.238. The van der Waals surface area contributed by atoms with Crippen molar-refractivity contribution < 1.29 is 19.4 Å². The highest BCUT2D eigenvalue weighted by atomic mass is 16.6. The molecule has 138 valence electrons. The maximum atomic E-state index is 12.6. The molecular weight excluding hydrogens is 320 g/mol. The first-order valence-corrected chi connectivity index (χ1v) is 9.13. The normalized spacial score (nSPS) is 22.4. The van der Waals surface area contributed by atoms with E-state index in [2.05, 4.69) is 4.98 Å². The van der Waals surface area contributed by atoms with Gasteiger partial charge in [0.2, 0.25) is 0 Å². The first-order valence-electron chi connectivity index (χ1n) is 9.13. The summed E-state index contributed by atoms with van der Waals surface area (Å²) in [6.45, 7) is 6.14. The molecule has 1 saturated heterocycles. The quantitative estimate of drug-likeness (QED) is 0.902. The zero-order chi connectivity index (χ0) is 18.0. The number of likely N-dealkylation sites (tertiary alicyclic amines) is 1. The fraction of sp³-hybridized carbons (Fsp3) is 0.684. The SMILES string of the molecule is CC(C)(C)OC(=O)N1CCCC[C@@H]1[C@@H](O)c1cnccc1OC1CC1. The van der Waals surface area contributed by atoms with Crippen molar-refractivity contribution in [3.05, 3.63) is 24.0 Å². The lowest BCUT2D eigenvalue weighted by Crippen LogP contribution is -2.48. The van der Waals surface area contributed by atoms with Gasteiger partial charge in [0.1, 0.15) is 17.5 Å². The van der Waals surface area contributed by atoms with E-state index in [0.717, 1.165) is 32.1 Å². The van der Waals surface area contributed by atoms with Crippen molar-refractivity contribution >= 4 is 6.09 Å². The number of pyridine rings is 1. The smallest absolute Gasteiger partial charge is 0.410 e. The Labute approximate surface area is 149 Å². The number of amides is 1. The molecule has 0 bridgehead atoms. The summed E-state index contributed by atoms with van der Waals surface area (Å²) in [7, 11) is 0. The van der Waals surface area contributed by atoms with Crippen LogP contribution in [0.3, 0.4) is 0 Å². The Morgan fingerprint density at radius 3 is 2.76 bits per heavy atom. The van der Waals surface area contributed by atoms with Crippen LogP contribution in [0.25, 0.3) is 0 Å². The van der Waals surface area contributed by atoms with Crippen molar-refractivity contribution in [2.45, 2.75) is 76.7 Å². The minimum atomic E-state index is -0.838. The number of carbonyl (C=O) groups excluding carboxylic acids is 1. The molecule has 2 atom stereocenters. The van der Waals surface area contributed by atoms with Gasteiger partial charge >= 0.3 is 6.09 Å². The highest BCUT2D eigenvalue weighted by Crippen LogP contribution is 2.36. The number of carbonyl (C=O) groups is 1. The van der Waals surface area contributed by atoms with Crippen LogP contribution in [0.4, 0.5) is 4.79 Å². The molecule has 1 amide bonds. The number of nitrogens with zero attached hydrogens (tertiary/aromatic N) is 2. The molecule has 0 radical (unpaired) electrons. The van der Waals surface area contributed by atoms with Crippen LogP contribution < -0.4 is 4.74 Å². The molecule has 3 rings (SSSR count). The molecule has 1 aliphatic heterocycles. The van der Waals surface area contributed by atoms with E-state index < -0.39 is 11.7 Å². The lowest BCUT2D eigenvalue weighted by molar-refractivity contribution is -0.0175. The van der Waals surface area contributed by atoms with Gasteiger partial charge in [0.25, 0.3) is 0 Å². The molecule has 6 nitrogen and oxygen atoms in total. The van der Waals surface area contributed by atoms with E-state index in [-0.39, 0.29) is 18.2 Å². The molecule has 6 heteroatoms. The minimum Gasteiger partial charge on any atom is -0.490 e. The maximum absolute atomic E-state index is 12.6. The van der Waals surface area contributed by atoms with Crippen LogP contribution in [0.5, 0.6) is 5.75 Å². The summed E-state index contributed by atoms with van der Waals surface area (Å²) in [6, 6.07) is 1.46. The average molecular weight is 348 g/mol. The van der Waals surface area contributed by atoms with Crippen LogP contribution in [0, 0.1) is 0 Å². The van der Waals surface area contributed by atoms with Gasteiger partial charge in [-0.15, -0.1) is 0 Å². The van der Waals surface area contributed by atoms with E-state index in [0.29, 0.717) is 17.9 Å². The Kier molecular flexibility index (Phi) is 5.18. The first-order chi connectivity index (χ1) is 11.8. The van der Waals surface area contributed by atoms with E-state index in [9.17, 15) is 9.90 Å². The van der Waals surface area contributed by atoms with Crippen LogP contribution >= 0.6 is 0 Å². The summed E-state index contributed by atoms with van der Waals surface area (Å²) >= 11 is 0. The van der Waals surface area contributed by atoms with Gasteiger partial charge in [0, 0.05) is 24.5 Å². The third-order valence-electron chi connectivity index (χ3n) is 4.49. The van der Waals surface area contributed by atoms with Gasteiger partial charge < -0.3 is 19.5 Å². The Morgan fingerprint density at radius 2 is 2.08 bits per heavy atom. The van der Waals surface area contributed by atoms with Gasteiger partial charge in [0.15, 0.2) is 0 Å². The number of rotatable bonds is 4. The van der Waals surface area contributed by atoms with E-state index in [1.54, 1.807) is 23.4 Å². The van der Waals surface area contributed by atoms with Crippen molar-refractivity contribution in [2.75, 3.05) is 6.54 Å². The van der Waals surface area contributed by atoms with Crippen molar-refractivity contribution in [1.82, 2.24) is 9.88 Å². The van der Waals surface area contributed by atoms with Crippen molar-refractivity contribution in [3.8, 4) is 5.75 Å². The van der Waals surface area contributed by atoms with Crippen LogP contribution in [-0.2, 0) is 4.74 Å². The fourth-order valence-electron chi connectivity index (χ4n) is 3.13. The average Bonchev–Trinajstić information content (AvgIpc) is 3.37. The predicted molar refractivity (Wildman–Crippen MR) is 93.4 cm³/mol. The molecule has 0 spiro atoms. The number of hydrogen-bond donors (Lipinski definition) is 1. The number of aliphatic hydroxyl groups is 1. The summed E-state index contributed by atoms with van der Waals surface area (Å²) in [6.07, 6.45) is 7.06. The topological polar surface area (TPSA) is 71.9 Å². The highest BCUT2D eigenvalue weighted by Gasteiger charge is 2.37. The summed E-state index contributed by atoms with van der Waals surface area (Å²) in [5, 5.41) is 11.0. The van der Waals surface area contributed by atoms with Crippen molar-refractivity contribution in [2.24, 2.45) is 0 Å². The summed E-state index contributed by atoms with van der Waals surface area (Å²) in [4.78, 5) is 18.4. The van der Waals surface area contributed by atoms with Crippen LogP contribution in [0.1, 0.15) is 64.5 Å². The van der Waals surface area contributed by atoms with Crippen LogP contribution in [-0.4, -0.2) is 45.4 Å². The van der Waals surface area contributed by atoms with E-state index in [1.165, 1.54) is 0 Å². The van der Waals surface area contributed by atoms with Crippen LogP contribution in [0.15, 0.2) is 18.5 Å². The second kappa shape index (κ2) is 7.20. The number of aliphatic hydroxyl groups excluding tert-OH is 1. The van der Waals surface area contributed by atoms with Crippen molar-refractivity contribution in [3.63, 3.8) is 0 Å². The number of hydrogen-bond acceptors (Lipinski definition) is 5. The zero-order valence-electron chi connectivity index (χ0n) is 15.3. The standard InChI is InChI=1S/C19H28N2O4/c1-19(2,3)25-18(23)21-11-5-4-6-15(21)17(22)14-12-20-10-9-16(14)24-13-7-8-13/h9-10,12-13,15,17,22H,4-8,11H2,1-3H3/t15-,17+/m1/s1. The molecule has 1 aromatic heterocycles. The molecule has 2 aliphatic rings. The third-order valence-corrected chi connectivity index (χ3v) is 4.49. The molecule has 1 saturated carbocycles. The number of ether oxygens (including phenoxy) is 2. The molecule has 1 aliphatic carbocycles. The molecule has 2 heterocycles. The summed E-state index contributed by atoms with van der Waals surface area (Å²) < 4.78 is 11.4. The zero-order valence-corrected chi connectivity index (χ0v) is 15.3.